The maximum atomic E-state index is 8.75. The fourth-order valence-corrected chi connectivity index (χ4v) is 5.52. The summed E-state index contributed by atoms with van der Waals surface area (Å²) >= 11 is -1.67. The zero-order chi connectivity index (χ0) is 12.7. The van der Waals surface area contributed by atoms with Gasteiger partial charge in [0.1, 0.15) is 0 Å². The summed E-state index contributed by atoms with van der Waals surface area (Å²) in [6, 6.07) is 13.0. The molecule has 0 amide bonds. The third-order valence-corrected chi connectivity index (χ3v) is 8.22. The number of benzene rings is 1. The summed E-state index contributed by atoms with van der Waals surface area (Å²) in [4.78, 5) is 7.46. The summed E-state index contributed by atoms with van der Waals surface area (Å²) in [5, 5.41) is 8.75. The Kier molecular flexibility index (Phi) is 6.05. The van der Waals surface area contributed by atoms with Crippen LogP contribution in [0, 0.1) is 11.3 Å². The minimum absolute atomic E-state index is 0.590. The monoisotopic (exact) mass is 337 g/mol. The van der Waals surface area contributed by atoms with Crippen molar-refractivity contribution < 1.29 is 0 Å². The van der Waals surface area contributed by atoms with E-state index in [-0.39, 0.29) is 0 Å². The Morgan fingerprint density at radius 1 is 1.12 bits per heavy atom. The molecule has 1 aromatic rings. The fourth-order valence-electron chi connectivity index (χ4n) is 2.05. The van der Waals surface area contributed by atoms with Gasteiger partial charge in [0.25, 0.3) is 0 Å². The molecule has 0 fully saturated rings. The maximum absolute atomic E-state index is 8.75. The Bertz CT molecular complexity index is 359. The van der Waals surface area contributed by atoms with Gasteiger partial charge in [-0.05, 0) is 0 Å². The van der Waals surface area contributed by atoms with Crippen LogP contribution in [0.25, 0.3) is 0 Å². The van der Waals surface area contributed by atoms with E-state index in [9.17, 15) is 0 Å². The average Bonchev–Trinajstić information content (AvgIpc) is 2.29. The predicted molar refractivity (Wildman–Crippen MR) is 76.8 cm³/mol. The van der Waals surface area contributed by atoms with Crippen LogP contribution in [0.15, 0.2) is 30.3 Å². The summed E-state index contributed by atoms with van der Waals surface area (Å²) in [7, 11) is 0. The van der Waals surface area contributed by atoms with Crippen LogP contribution < -0.4 is 0 Å². The minimum atomic E-state index is -1.67. The summed E-state index contributed by atoms with van der Waals surface area (Å²) in [6.07, 6.45) is 2.97. The molecule has 1 aromatic carbocycles. The van der Waals surface area contributed by atoms with Crippen LogP contribution in [0.2, 0.25) is 19.3 Å². The van der Waals surface area contributed by atoms with Crippen molar-refractivity contribution in [3.63, 3.8) is 0 Å². The molecule has 1 atom stereocenters. The second-order valence-corrected chi connectivity index (χ2v) is 21.9. The van der Waals surface area contributed by atoms with E-state index in [1.165, 1.54) is 16.4 Å². The molecule has 0 bridgehead atoms. The summed E-state index contributed by atoms with van der Waals surface area (Å²) in [5.41, 5.74) is 1.42. The van der Waals surface area contributed by atoms with Gasteiger partial charge in [-0.2, -0.15) is 0 Å². The normalized spacial score (nSPS) is 13.1. The first-order valence-electron chi connectivity index (χ1n) is 6.45. The van der Waals surface area contributed by atoms with Crippen LogP contribution in [0.1, 0.15) is 30.7 Å². The van der Waals surface area contributed by atoms with Crippen molar-refractivity contribution in [1.29, 1.82) is 5.26 Å². The van der Waals surface area contributed by atoms with E-state index in [1.54, 1.807) is 0 Å². The van der Waals surface area contributed by atoms with E-state index in [0.717, 1.165) is 6.42 Å². The second kappa shape index (κ2) is 7.06. The topological polar surface area (TPSA) is 23.8 Å². The van der Waals surface area contributed by atoms with Gasteiger partial charge in [0.15, 0.2) is 0 Å². The number of hydrogen-bond acceptors (Lipinski definition) is 1. The number of hydrogen-bond donors (Lipinski definition) is 0. The molecule has 2 heteroatoms. The van der Waals surface area contributed by atoms with Gasteiger partial charge >= 0.3 is 110 Å². The van der Waals surface area contributed by atoms with Gasteiger partial charge in [-0.15, -0.1) is 0 Å². The molecule has 1 unspecified atom stereocenters. The van der Waals surface area contributed by atoms with Crippen molar-refractivity contribution in [1.82, 2.24) is 0 Å². The van der Waals surface area contributed by atoms with E-state index in [4.69, 9.17) is 5.26 Å². The first-order chi connectivity index (χ1) is 8.03. The van der Waals surface area contributed by atoms with Crippen LogP contribution >= 0.6 is 0 Å². The Balaban J connectivity index is 2.65. The van der Waals surface area contributed by atoms with Gasteiger partial charge in [-0.1, -0.05) is 0 Å². The first-order valence-corrected chi connectivity index (χ1v) is 17.0. The van der Waals surface area contributed by atoms with Gasteiger partial charge in [0.2, 0.25) is 0 Å². The third kappa shape index (κ3) is 6.12. The Morgan fingerprint density at radius 2 is 1.76 bits per heavy atom. The molecule has 1 rings (SSSR count). The molecule has 1 nitrogen and oxygen atoms in total. The van der Waals surface area contributed by atoms with Crippen LogP contribution in [-0.2, 0) is 0 Å². The number of nitrogens with zero attached hydrogens (tertiary/aromatic N) is 1. The van der Waals surface area contributed by atoms with Gasteiger partial charge in [0, 0.05) is 0 Å². The quantitative estimate of drug-likeness (QED) is 0.685. The van der Waals surface area contributed by atoms with E-state index in [2.05, 4.69) is 51.2 Å². The van der Waals surface area contributed by atoms with E-state index in [0.29, 0.717) is 12.3 Å². The molecular weight excluding hydrogens is 313 g/mol. The van der Waals surface area contributed by atoms with Gasteiger partial charge in [-0.25, -0.2) is 0 Å². The van der Waals surface area contributed by atoms with Crippen molar-refractivity contribution in [2.75, 3.05) is 0 Å². The third-order valence-electron chi connectivity index (χ3n) is 3.12. The van der Waals surface area contributed by atoms with Crippen molar-refractivity contribution in [3.05, 3.63) is 35.9 Å². The zero-order valence-corrected chi connectivity index (χ0v) is 14.1. The van der Waals surface area contributed by atoms with Crippen LogP contribution in [0.3, 0.4) is 0 Å². The summed E-state index contributed by atoms with van der Waals surface area (Å²) < 4.78 is 1.42. The van der Waals surface area contributed by atoms with Crippen molar-refractivity contribution in [2.24, 2.45) is 0 Å². The van der Waals surface area contributed by atoms with E-state index < -0.39 is 18.4 Å². The van der Waals surface area contributed by atoms with Crippen molar-refractivity contribution in [3.8, 4) is 6.07 Å². The number of rotatable bonds is 6. The van der Waals surface area contributed by atoms with E-state index in [1.807, 2.05) is 0 Å². The standard InChI is InChI=1S/C12H14N.3CH3.Sn/c1-2-11(9-6-10-13)12-7-4-3-5-8-12;;;;/h3-5,7-8,11H,1-2,6,9H2;3*1H3;. The van der Waals surface area contributed by atoms with E-state index >= 15 is 0 Å². The average molecular weight is 336 g/mol. The second-order valence-electron chi connectivity index (χ2n) is 5.90. The summed E-state index contributed by atoms with van der Waals surface area (Å²) in [5.74, 6) is 0.590. The molecule has 0 heterocycles. The molecule has 0 aromatic heterocycles. The van der Waals surface area contributed by atoms with Crippen molar-refractivity contribution in [2.45, 2.75) is 44.4 Å². The van der Waals surface area contributed by atoms with Gasteiger partial charge < -0.3 is 0 Å². The van der Waals surface area contributed by atoms with Gasteiger partial charge in [0.05, 0.1) is 0 Å². The molecule has 92 valence electrons. The molecule has 0 N–H and O–H groups in total. The molecule has 17 heavy (non-hydrogen) atoms. The zero-order valence-electron chi connectivity index (χ0n) is 11.2. The molecule has 0 spiro atoms. The molecule has 0 aliphatic carbocycles. The molecular formula is C15H23NSn. The molecule has 0 aliphatic rings. The molecule has 0 radical (unpaired) electrons. The first kappa shape index (κ1) is 14.6. The van der Waals surface area contributed by atoms with Gasteiger partial charge in [-0.3, -0.25) is 0 Å². The fraction of sp³-hybridized carbons (Fsp3) is 0.533. The molecule has 0 saturated heterocycles. The number of nitriles is 1. The Hall–Kier alpha value is -0.491. The van der Waals surface area contributed by atoms with Crippen LogP contribution in [0.5, 0.6) is 0 Å². The van der Waals surface area contributed by atoms with Crippen molar-refractivity contribution >= 4 is 18.4 Å². The molecule has 0 aliphatic heterocycles. The predicted octanol–water partition coefficient (Wildman–Crippen LogP) is 4.80. The SMILES string of the molecule is [CH3][Sn]([CH3])([CH3])[CH2]CC(CCC#N)c1ccccc1. The molecule has 0 saturated carbocycles. The van der Waals surface area contributed by atoms with Crippen LogP contribution in [0.4, 0.5) is 0 Å². The Labute approximate surface area is 110 Å². The van der Waals surface area contributed by atoms with Crippen LogP contribution in [-0.4, -0.2) is 18.4 Å². The Morgan fingerprint density at radius 3 is 2.29 bits per heavy atom. The summed E-state index contributed by atoms with van der Waals surface area (Å²) in [6.45, 7) is 0.